The minimum Gasteiger partial charge on any atom is -0.373 e. The second-order valence-electron chi connectivity index (χ2n) is 8.41. The van der Waals surface area contributed by atoms with Crippen LogP contribution in [0.25, 0.3) is 10.9 Å². The number of para-hydroxylation sites is 1. The Morgan fingerprint density at radius 3 is 2.87 bits per heavy atom. The molecule has 1 N–H and O–H groups in total. The molecule has 2 aliphatic heterocycles. The molecule has 7 heteroatoms. The number of aromatic amines is 1. The van der Waals surface area contributed by atoms with E-state index in [-0.39, 0.29) is 18.1 Å². The Kier molecular flexibility index (Phi) is 5.31. The van der Waals surface area contributed by atoms with E-state index < -0.39 is 0 Å². The molecule has 4 heterocycles. The molecule has 1 aromatic carbocycles. The Balaban J connectivity index is 1.48. The van der Waals surface area contributed by atoms with Gasteiger partial charge >= 0.3 is 0 Å². The van der Waals surface area contributed by atoms with Gasteiger partial charge in [-0.1, -0.05) is 18.6 Å². The molecule has 158 valence electrons. The maximum Gasteiger partial charge on any atom is 0.256 e. The van der Waals surface area contributed by atoms with Crippen molar-refractivity contribution in [2.75, 3.05) is 32.8 Å². The average molecular weight is 408 g/mol. The standard InChI is InChI=1S/C23H29N5O2/c1-26-15-18(14-25-26)22-20(16-27-10-3-2-4-11-27)30-13-12-28(22)23(29)19-7-5-6-17-8-9-24-21(17)19/h5-9,14-15,20,22,24H,2-4,10-13,16H2,1H3. The highest BCUT2D eigenvalue weighted by atomic mass is 16.5. The van der Waals surface area contributed by atoms with Crippen molar-refractivity contribution < 1.29 is 9.53 Å². The van der Waals surface area contributed by atoms with Gasteiger partial charge in [0.15, 0.2) is 0 Å². The van der Waals surface area contributed by atoms with E-state index in [1.807, 2.05) is 54.8 Å². The summed E-state index contributed by atoms with van der Waals surface area (Å²) in [6.45, 7) is 4.19. The molecule has 2 saturated heterocycles. The molecule has 2 fully saturated rings. The van der Waals surface area contributed by atoms with Crippen LogP contribution in [0.2, 0.25) is 0 Å². The Hall–Kier alpha value is -2.64. The van der Waals surface area contributed by atoms with Crippen molar-refractivity contribution in [1.29, 1.82) is 0 Å². The van der Waals surface area contributed by atoms with Crippen LogP contribution in [0.1, 0.15) is 41.2 Å². The number of fused-ring (bicyclic) bond motifs is 1. The maximum atomic E-state index is 13.7. The number of piperidine rings is 1. The molecule has 2 aliphatic rings. The number of morpholine rings is 1. The lowest BCUT2D eigenvalue weighted by Crippen LogP contribution is -2.52. The number of carbonyl (C=O) groups excluding carboxylic acids is 1. The number of hydrogen-bond donors (Lipinski definition) is 1. The smallest absolute Gasteiger partial charge is 0.256 e. The monoisotopic (exact) mass is 407 g/mol. The van der Waals surface area contributed by atoms with E-state index in [2.05, 4.69) is 15.0 Å². The van der Waals surface area contributed by atoms with Crippen LogP contribution in [0.3, 0.4) is 0 Å². The number of aryl methyl sites for hydroxylation is 1. The zero-order valence-electron chi connectivity index (χ0n) is 17.5. The van der Waals surface area contributed by atoms with E-state index >= 15 is 0 Å². The van der Waals surface area contributed by atoms with Gasteiger partial charge < -0.3 is 19.5 Å². The van der Waals surface area contributed by atoms with Crippen molar-refractivity contribution in [3.8, 4) is 0 Å². The third-order valence-corrected chi connectivity index (χ3v) is 6.38. The molecule has 7 nitrogen and oxygen atoms in total. The van der Waals surface area contributed by atoms with E-state index in [9.17, 15) is 4.79 Å². The van der Waals surface area contributed by atoms with Crippen molar-refractivity contribution in [2.45, 2.75) is 31.4 Å². The number of rotatable bonds is 4. The number of benzene rings is 1. The minimum absolute atomic E-state index is 0.0452. The molecule has 5 rings (SSSR count). The SMILES string of the molecule is Cn1cc(C2C(CN3CCCCC3)OCCN2C(=O)c2cccc3cc[nH]c23)cn1. The first kappa shape index (κ1) is 19.3. The van der Waals surface area contributed by atoms with E-state index in [0.717, 1.165) is 36.1 Å². The molecule has 0 aliphatic carbocycles. The second kappa shape index (κ2) is 8.24. The lowest BCUT2D eigenvalue weighted by Gasteiger charge is -2.43. The van der Waals surface area contributed by atoms with Gasteiger partial charge in [0.25, 0.3) is 5.91 Å². The van der Waals surface area contributed by atoms with E-state index in [1.54, 1.807) is 4.68 Å². The van der Waals surface area contributed by atoms with Crippen molar-refractivity contribution in [3.05, 3.63) is 54.0 Å². The van der Waals surface area contributed by atoms with Crippen LogP contribution in [-0.2, 0) is 11.8 Å². The molecule has 1 amide bonds. The molecule has 2 unspecified atom stereocenters. The fourth-order valence-electron chi connectivity index (χ4n) is 4.92. The molecule has 0 radical (unpaired) electrons. The summed E-state index contributed by atoms with van der Waals surface area (Å²) in [5.74, 6) is 0.0452. The van der Waals surface area contributed by atoms with Gasteiger partial charge in [-0.25, -0.2) is 0 Å². The van der Waals surface area contributed by atoms with E-state index in [0.29, 0.717) is 18.7 Å². The van der Waals surface area contributed by atoms with Gasteiger partial charge in [-0.3, -0.25) is 9.48 Å². The van der Waals surface area contributed by atoms with Gasteiger partial charge in [-0.2, -0.15) is 5.10 Å². The highest BCUT2D eigenvalue weighted by Gasteiger charge is 2.39. The van der Waals surface area contributed by atoms with Crippen molar-refractivity contribution in [2.24, 2.45) is 7.05 Å². The quantitative estimate of drug-likeness (QED) is 0.722. The third-order valence-electron chi connectivity index (χ3n) is 6.38. The summed E-state index contributed by atoms with van der Waals surface area (Å²) in [6.07, 6.45) is 9.49. The van der Waals surface area contributed by atoms with Gasteiger partial charge in [-0.15, -0.1) is 0 Å². The van der Waals surface area contributed by atoms with Gasteiger partial charge in [0.1, 0.15) is 0 Å². The predicted octanol–water partition coefficient (Wildman–Crippen LogP) is 2.97. The number of carbonyl (C=O) groups is 1. The summed E-state index contributed by atoms with van der Waals surface area (Å²) in [4.78, 5) is 21.5. The van der Waals surface area contributed by atoms with Crippen LogP contribution in [-0.4, -0.2) is 69.4 Å². The molecule has 2 aromatic heterocycles. The normalized spacial score (nSPS) is 23.2. The number of nitrogens with zero attached hydrogens (tertiary/aromatic N) is 4. The lowest BCUT2D eigenvalue weighted by molar-refractivity contribution is -0.0741. The molecule has 2 atom stereocenters. The van der Waals surface area contributed by atoms with Crippen molar-refractivity contribution in [1.82, 2.24) is 24.6 Å². The molecule has 0 saturated carbocycles. The van der Waals surface area contributed by atoms with Crippen molar-refractivity contribution >= 4 is 16.8 Å². The number of H-pyrrole nitrogens is 1. The third kappa shape index (κ3) is 3.63. The van der Waals surface area contributed by atoms with Crippen LogP contribution < -0.4 is 0 Å². The van der Waals surface area contributed by atoms with Gasteiger partial charge in [0.2, 0.25) is 0 Å². The number of amides is 1. The Bertz CT molecular complexity index is 1020. The second-order valence-corrected chi connectivity index (χ2v) is 8.41. The maximum absolute atomic E-state index is 13.7. The first-order chi connectivity index (χ1) is 14.7. The van der Waals surface area contributed by atoms with Crippen LogP contribution in [0.5, 0.6) is 0 Å². The van der Waals surface area contributed by atoms with Crippen molar-refractivity contribution in [3.63, 3.8) is 0 Å². The number of hydrogen-bond acceptors (Lipinski definition) is 4. The van der Waals surface area contributed by atoms with Crippen LogP contribution in [0.15, 0.2) is 42.9 Å². The van der Waals surface area contributed by atoms with Gasteiger partial charge in [0.05, 0.1) is 36.0 Å². The molecule has 3 aromatic rings. The number of ether oxygens (including phenoxy) is 1. The number of aromatic nitrogens is 3. The molecule has 30 heavy (non-hydrogen) atoms. The highest BCUT2D eigenvalue weighted by molar-refractivity contribution is 6.05. The fraction of sp³-hybridized carbons (Fsp3) is 0.478. The molecule has 0 bridgehead atoms. The van der Waals surface area contributed by atoms with E-state index in [1.165, 1.54) is 19.3 Å². The summed E-state index contributed by atoms with van der Waals surface area (Å²) in [7, 11) is 1.92. The zero-order chi connectivity index (χ0) is 20.5. The van der Waals surface area contributed by atoms with Gasteiger partial charge in [0, 0.05) is 43.5 Å². The highest BCUT2D eigenvalue weighted by Crippen LogP contribution is 2.33. The first-order valence-corrected chi connectivity index (χ1v) is 10.9. The molecule has 0 spiro atoms. The van der Waals surface area contributed by atoms with Gasteiger partial charge in [-0.05, 0) is 38.1 Å². The minimum atomic E-state index is -0.146. The van der Waals surface area contributed by atoms with Crippen LogP contribution in [0, 0.1) is 0 Å². The number of likely N-dealkylation sites (tertiary alicyclic amines) is 1. The number of nitrogens with one attached hydrogen (secondary N) is 1. The fourth-order valence-corrected chi connectivity index (χ4v) is 4.92. The summed E-state index contributed by atoms with van der Waals surface area (Å²) in [6, 6.07) is 7.75. The zero-order valence-corrected chi connectivity index (χ0v) is 17.5. The summed E-state index contributed by atoms with van der Waals surface area (Å²) >= 11 is 0. The van der Waals surface area contributed by atoms with E-state index in [4.69, 9.17) is 4.74 Å². The molecular formula is C23H29N5O2. The Labute approximate surface area is 176 Å². The molecular weight excluding hydrogens is 378 g/mol. The first-order valence-electron chi connectivity index (χ1n) is 10.9. The summed E-state index contributed by atoms with van der Waals surface area (Å²) in [5, 5.41) is 5.44. The lowest BCUT2D eigenvalue weighted by atomic mass is 9.98. The largest absolute Gasteiger partial charge is 0.373 e. The van der Waals surface area contributed by atoms with Crippen LogP contribution in [0.4, 0.5) is 0 Å². The Morgan fingerprint density at radius 2 is 2.07 bits per heavy atom. The Morgan fingerprint density at radius 1 is 1.20 bits per heavy atom. The predicted molar refractivity (Wildman–Crippen MR) is 115 cm³/mol. The summed E-state index contributed by atoms with van der Waals surface area (Å²) in [5.41, 5.74) is 2.64. The summed E-state index contributed by atoms with van der Waals surface area (Å²) < 4.78 is 8.07. The average Bonchev–Trinajstić information content (AvgIpc) is 3.42. The topological polar surface area (TPSA) is 66.4 Å². The van der Waals surface area contributed by atoms with Crippen LogP contribution >= 0.6 is 0 Å².